The molecule has 0 fully saturated rings. The van der Waals surface area contributed by atoms with Crippen LogP contribution in [-0.2, 0) is 0 Å². The quantitative estimate of drug-likeness (QED) is 0.579. The maximum Gasteiger partial charge on any atom is 0.266 e. The van der Waals surface area contributed by atoms with Crippen LogP contribution in [-0.4, -0.2) is 11.8 Å². The fourth-order valence-corrected chi connectivity index (χ4v) is 3.01. The Balaban J connectivity index is 1.87. The number of carbonyl (C=O) groups excluding carboxylic acids is 2. The van der Waals surface area contributed by atoms with Crippen molar-refractivity contribution in [3.05, 3.63) is 83.9 Å². The van der Waals surface area contributed by atoms with Crippen LogP contribution in [0.5, 0.6) is 0 Å². The minimum Gasteiger partial charge on any atom is -0.399 e. The van der Waals surface area contributed by atoms with Crippen molar-refractivity contribution in [3.8, 4) is 11.1 Å². The van der Waals surface area contributed by atoms with Gasteiger partial charge in [-0.05, 0) is 29.8 Å². The zero-order valence-corrected chi connectivity index (χ0v) is 12.8. The molecule has 0 bridgehead atoms. The van der Waals surface area contributed by atoms with Crippen molar-refractivity contribution >= 4 is 23.2 Å². The van der Waals surface area contributed by atoms with Crippen molar-refractivity contribution in [2.75, 3.05) is 10.6 Å². The molecule has 3 aromatic rings. The molecule has 0 aliphatic carbocycles. The zero-order chi connectivity index (χ0) is 16.7. The number of nitrogens with two attached hydrogens (primary N) is 1. The van der Waals surface area contributed by atoms with Gasteiger partial charge in [0, 0.05) is 11.3 Å². The molecular weight excluding hydrogens is 300 g/mol. The predicted octanol–water partition coefficient (Wildman–Crippen LogP) is 3.74. The summed E-state index contributed by atoms with van der Waals surface area (Å²) in [5.74, 6) is -0.663. The first-order chi connectivity index (χ1) is 11.7. The van der Waals surface area contributed by atoms with E-state index in [1.807, 2.05) is 48.5 Å². The summed E-state index contributed by atoms with van der Waals surface area (Å²) in [5.41, 5.74) is 9.32. The van der Waals surface area contributed by atoms with Gasteiger partial charge in [0.25, 0.3) is 11.8 Å². The lowest BCUT2D eigenvalue weighted by Gasteiger charge is -2.18. The highest BCUT2D eigenvalue weighted by atomic mass is 16.2. The van der Waals surface area contributed by atoms with Gasteiger partial charge in [-0.1, -0.05) is 48.5 Å². The fourth-order valence-electron chi connectivity index (χ4n) is 3.01. The number of imide groups is 1. The Morgan fingerprint density at radius 2 is 1.33 bits per heavy atom. The van der Waals surface area contributed by atoms with E-state index in [-0.39, 0.29) is 11.8 Å². The van der Waals surface area contributed by atoms with E-state index in [1.54, 1.807) is 24.3 Å². The van der Waals surface area contributed by atoms with Crippen LogP contribution >= 0.6 is 0 Å². The summed E-state index contributed by atoms with van der Waals surface area (Å²) in [6.07, 6.45) is 0. The van der Waals surface area contributed by atoms with Crippen molar-refractivity contribution in [1.29, 1.82) is 0 Å². The third-order valence-electron chi connectivity index (χ3n) is 4.14. The first kappa shape index (κ1) is 14.2. The molecule has 0 atom stereocenters. The zero-order valence-electron chi connectivity index (χ0n) is 12.8. The Morgan fingerprint density at radius 3 is 2.12 bits per heavy atom. The Bertz CT molecular complexity index is 964. The second-order valence-electron chi connectivity index (χ2n) is 5.63. The van der Waals surface area contributed by atoms with Crippen LogP contribution in [0.25, 0.3) is 11.1 Å². The van der Waals surface area contributed by atoms with Crippen molar-refractivity contribution in [2.45, 2.75) is 0 Å². The number of fused-ring (bicyclic) bond motifs is 1. The molecule has 4 rings (SSSR count). The van der Waals surface area contributed by atoms with E-state index in [9.17, 15) is 9.59 Å². The molecule has 116 valence electrons. The van der Waals surface area contributed by atoms with Crippen LogP contribution in [0.15, 0.2) is 72.8 Å². The minimum atomic E-state index is -0.342. The Labute approximate surface area is 139 Å². The van der Waals surface area contributed by atoms with Gasteiger partial charge in [0.1, 0.15) is 0 Å². The van der Waals surface area contributed by atoms with Crippen molar-refractivity contribution in [3.63, 3.8) is 0 Å². The monoisotopic (exact) mass is 314 g/mol. The largest absolute Gasteiger partial charge is 0.399 e. The highest BCUT2D eigenvalue weighted by Crippen LogP contribution is 2.36. The molecule has 0 unspecified atom stereocenters. The number of nitrogens with zero attached hydrogens (tertiary/aromatic N) is 1. The molecule has 0 saturated heterocycles. The SMILES string of the molecule is Nc1ccc2c(c1)C(=O)N(c1ccccc1-c1ccccc1)C2=O. The lowest BCUT2D eigenvalue weighted by atomic mass is 10.0. The van der Waals surface area contributed by atoms with Crippen molar-refractivity contribution < 1.29 is 9.59 Å². The second-order valence-corrected chi connectivity index (χ2v) is 5.63. The van der Waals surface area contributed by atoms with E-state index in [4.69, 9.17) is 5.73 Å². The number of anilines is 2. The van der Waals surface area contributed by atoms with E-state index >= 15 is 0 Å². The highest BCUT2D eigenvalue weighted by Gasteiger charge is 2.37. The maximum atomic E-state index is 12.8. The average molecular weight is 314 g/mol. The second kappa shape index (κ2) is 5.35. The number of carbonyl (C=O) groups is 2. The number of hydrogen-bond acceptors (Lipinski definition) is 3. The first-order valence-electron chi connectivity index (χ1n) is 7.59. The molecule has 2 amide bonds. The normalized spacial score (nSPS) is 13.2. The number of nitrogen functional groups attached to an aromatic ring is 1. The van der Waals surface area contributed by atoms with E-state index in [0.29, 0.717) is 22.5 Å². The van der Waals surface area contributed by atoms with Crippen molar-refractivity contribution in [1.82, 2.24) is 0 Å². The number of benzene rings is 3. The molecule has 1 aliphatic rings. The van der Waals surface area contributed by atoms with Gasteiger partial charge in [-0.2, -0.15) is 0 Å². The third kappa shape index (κ3) is 2.08. The molecule has 2 N–H and O–H groups in total. The van der Waals surface area contributed by atoms with Crippen LogP contribution in [0.4, 0.5) is 11.4 Å². The van der Waals surface area contributed by atoms with Gasteiger partial charge >= 0.3 is 0 Å². The van der Waals surface area contributed by atoms with Crippen LogP contribution < -0.4 is 10.6 Å². The van der Waals surface area contributed by atoms with E-state index in [1.165, 1.54) is 4.90 Å². The van der Waals surface area contributed by atoms with E-state index in [0.717, 1.165) is 11.1 Å². The highest BCUT2D eigenvalue weighted by molar-refractivity contribution is 6.35. The molecule has 1 heterocycles. The van der Waals surface area contributed by atoms with Crippen LogP contribution in [0.1, 0.15) is 20.7 Å². The average Bonchev–Trinajstić information content (AvgIpc) is 2.86. The topological polar surface area (TPSA) is 63.4 Å². The molecule has 0 spiro atoms. The molecule has 1 aliphatic heterocycles. The molecule has 3 aromatic carbocycles. The van der Waals surface area contributed by atoms with Crippen LogP contribution in [0.2, 0.25) is 0 Å². The molecule has 4 heteroatoms. The van der Waals surface area contributed by atoms with Gasteiger partial charge in [0.15, 0.2) is 0 Å². The molecular formula is C20H14N2O2. The summed E-state index contributed by atoms with van der Waals surface area (Å²) >= 11 is 0. The summed E-state index contributed by atoms with van der Waals surface area (Å²) in [6.45, 7) is 0. The Morgan fingerprint density at radius 1 is 0.667 bits per heavy atom. The van der Waals surface area contributed by atoms with Gasteiger partial charge in [0.05, 0.1) is 16.8 Å². The smallest absolute Gasteiger partial charge is 0.266 e. The summed E-state index contributed by atoms with van der Waals surface area (Å²) in [4.78, 5) is 26.8. The summed E-state index contributed by atoms with van der Waals surface area (Å²) in [5, 5.41) is 0. The van der Waals surface area contributed by atoms with Gasteiger partial charge in [-0.25, -0.2) is 4.90 Å². The standard InChI is InChI=1S/C20H14N2O2/c21-14-10-11-16-17(12-14)20(24)22(19(16)23)18-9-5-4-8-15(18)13-6-2-1-3-7-13/h1-12H,21H2. The van der Waals surface area contributed by atoms with Gasteiger partial charge < -0.3 is 5.73 Å². The minimum absolute atomic E-state index is 0.321. The number of amides is 2. The number of hydrogen-bond donors (Lipinski definition) is 1. The molecule has 0 saturated carbocycles. The van der Waals surface area contributed by atoms with E-state index in [2.05, 4.69) is 0 Å². The molecule has 0 radical (unpaired) electrons. The third-order valence-corrected chi connectivity index (χ3v) is 4.14. The lowest BCUT2D eigenvalue weighted by Crippen LogP contribution is -2.29. The van der Waals surface area contributed by atoms with Gasteiger partial charge in [-0.15, -0.1) is 0 Å². The summed E-state index contributed by atoms with van der Waals surface area (Å²) < 4.78 is 0. The first-order valence-corrected chi connectivity index (χ1v) is 7.59. The molecule has 4 nitrogen and oxygen atoms in total. The predicted molar refractivity (Wildman–Crippen MR) is 93.9 cm³/mol. The van der Waals surface area contributed by atoms with E-state index < -0.39 is 0 Å². The maximum absolute atomic E-state index is 12.8. The molecule has 24 heavy (non-hydrogen) atoms. The van der Waals surface area contributed by atoms with Crippen LogP contribution in [0.3, 0.4) is 0 Å². The summed E-state index contributed by atoms with van der Waals surface area (Å²) in [7, 11) is 0. The Hall–Kier alpha value is -3.40. The van der Waals surface area contributed by atoms with Gasteiger partial charge in [-0.3, -0.25) is 9.59 Å². The summed E-state index contributed by atoms with van der Waals surface area (Å²) in [6, 6.07) is 21.9. The number of rotatable bonds is 2. The molecule has 0 aromatic heterocycles. The van der Waals surface area contributed by atoms with Crippen LogP contribution in [0, 0.1) is 0 Å². The fraction of sp³-hybridized carbons (Fsp3) is 0. The van der Waals surface area contributed by atoms with Crippen molar-refractivity contribution in [2.24, 2.45) is 0 Å². The number of para-hydroxylation sites is 1. The Kier molecular flexibility index (Phi) is 3.17. The lowest BCUT2D eigenvalue weighted by molar-refractivity contribution is 0.0926. The van der Waals surface area contributed by atoms with Gasteiger partial charge in [0.2, 0.25) is 0 Å².